The number of rotatable bonds is 10. The third-order valence-corrected chi connectivity index (χ3v) is 8.33. The van der Waals surface area contributed by atoms with Gasteiger partial charge in [-0.3, -0.25) is 15.5 Å². The maximum Gasteiger partial charge on any atom is 0.352 e. The molecule has 1 heterocycles. The zero-order chi connectivity index (χ0) is 28.8. The number of carboxylic acids is 1. The first-order chi connectivity index (χ1) is 19.9. The second-order valence-corrected chi connectivity index (χ2v) is 10.9. The van der Waals surface area contributed by atoms with Crippen LogP contribution in [0.5, 0.6) is 5.75 Å². The van der Waals surface area contributed by atoms with Gasteiger partial charge in [0.15, 0.2) is 0 Å². The number of para-hydroxylation sites is 1. The van der Waals surface area contributed by atoms with Crippen molar-refractivity contribution in [3.8, 4) is 27.4 Å². The summed E-state index contributed by atoms with van der Waals surface area (Å²) in [5, 5.41) is 25.7. The van der Waals surface area contributed by atoms with Crippen LogP contribution in [0.15, 0.2) is 77.9 Å². The molecule has 41 heavy (non-hydrogen) atoms. The first-order valence-electron chi connectivity index (χ1n) is 13.5. The van der Waals surface area contributed by atoms with Crippen LogP contribution in [0, 0.1) is 10.1 Å². The van der Waals surface area contributed by atoms with Crippen molar-refractivity contribution in [3.05, 3.63) is 94.0 Å². The minimum absolute atomic E-state index is 0.156. The normalized spacial score (nSPS) is 14.0. The van der Waals surface area contributed by atoms with E-state index in [9.17, 15) is 20.0 Å². The first kappa shape index (κ1) is 28.0. The molecule has 1 saturated carbocycles. The van der Waals surface area contributed by atoms with Gasteiger partial charge in [0, 0.05) is 23.6 Å². The van der Waals surface area contributed by atoms with E-state index in [2.05, 4.69) is 34.8 Å². The smallest absolute Gasteiger partial charge is 0.352 e. The van der Waals surface area contributed by atoms with Crippen LogP contribution in [0.1, 0.15) is 49.1 Å². The molecule has 1 aliphatic rings. The van der Waals surface area contributed by atoms with Crippen molar-refractivity contribution in [1.29, 1.82) is 0 Å². The summed E-state index contributed by atoms with van der Waals surface area (Å²) >= 11 is 1.35. The number of nitrogens with one attached hydrogen (secondary N) is 1. The molecule has 9 nitrogen and oxygen atoms in total. The van der Waals surface area contributed by atoms with E-state index in [-0.39, 0.29) is 23.4 Å². The number of benzene rings is 3. The van der Waals surface area contributed by atoms with E-state index in [4.69, 9.17) is 9.72 Å². The van der Waals surface area contributed by atoms with Crippen LogP contribution in [0.2, 0.25) is 0 Å². The number of anilines is 1. The van der Waals surface area contributed by atoms with Gasteiger partial charge in [-0.15, -0.1) is 0 Å². The molecule has 0 spiro atoms. The predicted octanol–water partition coefficient (Wildman–Crippen LogP) is 7.54. The molecular weight excluding hydrogens is 540 g/mol. The number of nitro benzene ring substituents is 1. The number of aliphatic carboxylic acids is 1. The summed E-state index contributed by atoms with van der Waals surface area (Å²) in [7, 11) is 1.62. The highest BCUT2D eigenvalue weighted by Gasteiger charge is 2.21. The number of hydrazone groups is 1. The van der Waals surface area contributed by atoms with Crippen LogP contribution in [-0.2, 0) is 11.2 Å². The highest BCUT2D eigenvalue weighted by Crippen LogP contribution is 2.40. The molecule has 0 atom stereocenters. The molecule has 0 bridgehead atoms. The number of hydrogen-bond donors (Lipinski definition) is 2. The molecule has 5 rings (SSSR count). The Morgan fingerprint density at radius 1 is 1.05 bits per heavy atom. The highest BCUT2D eigenvalue weighted by atomic mass is 32.1. The zero-order valence-electron chi connectivity index (χ0n) is 22.6. The van der Waals surface area contributed by atoms with Crippen molar-refractivity contribution in [2.45, 2.75) is 44.4 Å². The van der Waals surface area contributed by atoms with E-state index >= 15 is 0 Å². The minimum atomic E-state index is -1.28. The summed E-state index contributed by atoms with van der Waals surface area (Å²) < 4.78 is 5.32. The molecule has 0 radical (unpaired) electrons. The standard InChI is InChI=1S/C31H30N4O5S/c1-40-25-17-15-23(16-18-25)29-28(22-13-11-21(12-14-22)20-7-3-2-4-8-20)32-31(41-29)34-33-26(30(36)37)19-24-9-5-6-10-27(24)35(38)39/h5-6,9-18,20H,2-4,7-8,19H2,1H3,(H,32,34)(H,36,37)/b33-26-. The number of thiazole rings is 1. The number of ether oxygens (including phenoxy) is 1. The first-order valence-corrected chi connectivity index (χ1v) is 14.3. The van der Waals surface area contributed by atoms with Crippen molar-refractivity contribution in [1.82, 2.24) is 4.98 Å². The second kappa shape index (κ2) is 12.7. The fraction of sp³-hybridized carbons (Fsp3) is 0.258. The Morgan fingerprint density at radius 3 is 2.39 bits per heavy atom. The van der Waals surface area contributed by atoms with Gasteiger partial charge in [0.1, 0.15) is 11.5 Å². The largest absolute Gasteiger partial charge is 0.497 e. The van der Waals surface area contributed by atoms with E-state index in [0.29, 0.717) is 11.0 Å². The van der Waals surface area contributed by atoms with Crippen LogP contribution in [0.4, 0.5) is 10.8 Å². The minimum Gasteiger partial charge on any atom is -0.497 e. The third-order valence-electron chi connectivity index (χ3n) is 7.32. The van der Waals surface area contributed by atoms with Crippen LogP contribution in [0.25, 0.3) is 21.7 Å². The molecule has 2 N–H and O–H groups in total. The third kappa shape index (κ3) is 6.60. The van der Waals surface area contributed by atoms with Crippen molar-refractivity contribution in [3.63, 3.8) is 0 Å². The lowest BCUT2D eigenvalue weighted by Crippen LogP contribution is -2.18. The van der Waals surface area contributed by atoms with E-state index in [0.717, 1.165) is 27.4 Å². The Hall–Kier alpha value is -4.57. The van der Waals surface area contributed by atoms with Crippen LogP contribution < -0.4 is 10.2 Å². The Kier molecular flexibility index (Phi) is 8.69. The molecule has 10 heteroatoms. The van der Waals surface area contributed by atoms with Crippen molar-refractivity contribution < 1.29 is 19.6 Å². The van der Waals surface area contributed by atoms with Crippen molar-refractivity contribution in [2.75, 3.05) is 12.5 Å². The summed E-state index contributed by atoms with van der Waals surface area (Å²) in [6.45, 7) is 0. The van der Waals surface area contributed by atoms with Crippen molar-refractivity contribution >= 4 is 33.8 Å². The molecule has 3 aromatic carbocycles. The number of carbonyl (C=O) groups is 1. The van der Waals surface area contributed by atoms with Crippen molar-refractivity contribution in [2.24, 2.45) is 5.10 Å². The summed E-state index contributed by atoms with van der Waals surface area (Å²) in [6, 6.07) is 22.3. The van der Waals surface area contributed by atoms with Crippen LogP contribution in [0.3, 0.4) is 0 Å². The summed E-state index contributed by atoms with van der Waals surface area (Å²) in [4.78, 5) is 28.5. The van der Waals surface area contributed by atoms with E-state index in [1.165, 1.54) is 67.2 Å². The molecule has 1 aliphatic carbocycles. The van der Waals surface area contributed by atoms with Crippen LogP contribution >= 0.6 is 11.3 Å². The fourth-order valence-corrected chi connectivity index (χ4v) is 6.08. The zero-order valence-corrected chi connectivity index (χ0v) is 23.4. The van der Waals surface area contributed by atoms with Gasteiger partial charge < -0.3 is 9.84 Å². The van der Waals surface area contributed by atoms with Crippen LogP contribution in [-0.4, -0.2) is 33.8 Å². The number of nitro groups is 1. The molecule has 1 aromatic heterocycles. The summed E-state index contributed by atoms with van der Waals surface area (Å²) in [5.41, 5.74) is 6.62. The van der Waals surface area contributed by atoms with E-state index in [1.54, 1.807) is 13.2 Å². The van der Waals surface area contributed by atoms with Gasteiger partial charge in [0.25, 0.3) is 5.69 Å². The van der Waals surface area contributed by atoms with E-state index in [1.807, 2.05) is 24.3 Å². The lowest BCUT2D eigenvalue weighted by molar-refractivity contribution is -0.385. The number of aromatic nitrogens is 1. The SMILES string of the molecule is COc1ccc(-c2sc(N/N=C(/Cc3ccccc3[N+](=O)[O-])C(=O)O)nc2-c2ccc(C3CCCCC3)cc2)cc1. The van der Waals surface area contributed by atoms with E-state index < -0.39 is 10.9 Å². The summed E-state index contributed by atoms with van der Waals surface area (Å²) in [6.07, 6.45) is 6.07. The lowest BCUT2D eigenvalue weighted by atomic mass is 9.84. The molecule has 0 aliphatic heterocycles. The Labute approximate surface area is 241 Å². The highest BCUT2D eigenvalue weighted by molar-refractivity contribution is 7.19. The molecule has 0 saturated heterocycles. The monoisotopic (exact) mass is 570 g/mol. The number of carboxylic acid groups (broad SMARTS) is 1. The molecular formula is C31H30N4O5S. The number of nitrogens with zero attached hydrogens (tertiary/aromatic N) is 3. The average molecular weight is 571 g/mol. The summed E-state index contributed by atoms with van der Waals surface area (Å²) in [5.74, 6) is 0.0533. The average Bonchev–Trinajstić information content (AvgIpc) is 3.44. The quantitative estimate of drug-likeness (QED) is 0.115. The van der Waals surface area contributed by atoms with Gasteiger partial charge in [-0.05, 0) is 54.2 Å². The molecule has 0 amide bonds. The molecule has 4 aromatic rings. The second-order valence-electron chi connectivity index (χ2n) is 9.92. The van der Waals surface area contributed by atoms with Gasteiger partial charge in [0.05, 0.1) is 22.6 Å². The van der Waals surface area contributed by atoms with Gasteiger partial charge in [-0.25, -0.2) is 9.78 Å². The predicted molar refractivity (Wildman–Crippen MR) is 161 cm³/mol. The van der Waals surface area contributed by atoms with Gasteiger partial charge in [0.2, 0.25) is 5.13 Å². The Bertz CT molecular complexity index is 1560. The topological polar surface area (TPSA) is 127 Å². The Balaban J connectivity index is 1.46. The molecule has 210 valence electrons. The number of methoxy groups -OCH3 is 1. The maximum atomic E-state index is 12.0. The molecule has 0 unspecified atom stereocenters. The maximum absolute atomic E-state index is 12.0. The van der Waals surface area contributed by atoms with Gasteiger partial charge in [-0.1, -0.05) is 73.1 Å². The lowest BCUT2D eigenvalue weighted by Gasteiger charge is -2.22. The Morgan fingerprint density at radius 2 is 1.73 bits per heavy atom. The number of hydrogen-bond acceptors (Lipinski definition) is 8. The van der Waals surface area contributed by atoms with Gasteiger partial charge in [-0.2, -0.15) is 5.10 Å². The molecule has 1 fully saturated rings. The van der Waals surface area contributed by atoms with Gasteiger partial charge >= 0.3 is 5.97 Å². The fourth-order valence-electron chi connectivity index (χ4n) is 5.15.